The lowest BCUT2D eigenvalue weighted by Crippen LogP contribution is -2.27. The van der Waals surface area contributed by atoms with Crippen LogP contribution in [0, 0.1) is 0 Å². The first-order chi connectivity index (χ1) is 13.2. The molecule has 4 rings (SSSR count). The first-order valence-corrected chi connectivity index (χ1v) is 9.93. The third kappa shape index (κ3) is 4.05. The van der Waals surface area contributed by atoms with Crippen molar-refractivity contribution in [3.05, 3.63) is 70.8 Å². The number of benzene rings is 2. The van der Waals surface area contributed by atoms with Crippen LogP contribution in [0.1, 0.15) is 58.6 Å². The predicted molar refractivity (Wildman–Crippen MR) is 106 cm³/mol. The highest BCUT2D eigenvalue weighted by atomic mass is 16.2. The third-order valence-corrected chi connectivity index (χ3v) is 5.77. The van der Waals surface area contributed by atoms with E-state index in [9.17, 15) is 9.59 Å². The van der Waals surface area contributed by atoms with Gasteiger partial charge < -0.3 is 10.2 Å². The summed E-state index contributed by atoms with van der Waals surface area (Å²) in [5.41, 5.74) is 4.47. The van der Waals surface area contributed by atoms with Crippen molar-refractivity contribution in [2.24, 2.45) is 0 Å². The summed E-state index contributed by atoms with van der Waals surface area (Å²) in [6.45, 7) is 2.23. The molecule has 1 saturated heterocycles. The maximum absolute atomic E-state index is 12.4. The van der Waals surface area contributed by atoms with Crippen molar-refractivity contribution in [1.82, 2.24) is 10.2 Å². The van der Waals surface area contributed by atoms with E-state index in [4.69, 9.17) is 0 Å². The van der Waals surface area contributed by atoms with Crippen LogP contribution in [-0.4, -0.2) is 29.8 Å². The van der Waals surface area contributed by atoms with Crippen LogP contribution >= 0.6 is 0 Å². The van der Waals surface area contributed by atoms with E-state index in [1.54, 1.807) is 0 Å². The average Bonchev–Trinajstić information content (AvgIpc) is 3.37. The molecule has 4 heteroatoms. The van der Waals surface area contributed by atoms with Crippen molar-refractivity contribution in [1.29, 1.82) is 0 Å². The molecule has 4 nitrogen and oxygen atoms in total. The summed E-state index contributed by atoms with van der Waals surface area (Å²) < 4.78 is 0. The van der Waals surface area contributed by atoms with E-state index in [2.05, 4.69) is 29.6 Å². The Hall–Kier alpha value is -2.62. The molecular weight excluding hydrogens is 336 g/mol. The van der Waals surface area contributed by atoms with Crippen molar-refractivity contribution in [3.63, 3.8) is 0 Å². The Morgan fingerprint density at radius 2 is 1.74 bits per heavy atom. The van der Waals surface area contributed by atoms with E-state index in [1.807, 2.05) is 29.2 Å². The Labute approximate surface area is 160 Å². The number of hydrogen-bond donors (Lipinski definition) is 1. The number of carbonyl (C=O) groups excluding carboxylic acids is 2. The van der Waals surface area contributed by atoms with Gasteiger partial charge in [-0.15, -0.1) is 0 Å². The van der Waals surface area contributed by atoms with E-state index < -0.39 is 0 Å². The summed E-state index contributed by atoms with van der Waals surface area (Å²) >= 11 is 0. The van der Waals surface area contributed by atoms with Crippen LogP contribution in [0.15, 0.2) is 48.5 Å². The van der Waals surface area contributed by atoms with E-state index in [0.29, 0.717) is 18.9 Å². The Balaban J connectivity index is 1.28. The minimum Gasteiger partial charge on any atom is -0.352 e. The molecular formula is C23H26N2O2. The lowest BCUT2D eigenvalue weighted by Gasteiger charge is -2.15. The van der Waals surface area contributed by atoms with Gasteiger partial charge in [0, 0.05) is 31.6 Å². The second kappa shape index (κ2) is 7.95. The minimum absolute atomic E-state index is 0.0916. The lowest BCUT2D eigenvalue weighted by atomic mass is 9.97. The number of nitrogens with zero attached hydrogens (tertiary/aromatic N) is 1. The summed E-state index contributed by atoms with van der Waals surface area (Å²) in [7, 11) is 0. The number of hydrogen-bond acceptors (Lipinski definition) is 2. The maximum Gasteiger partial charge on any atom is 0.253 e. The molecule has 1 N–H and O–H groups in total. The zero-order valence-electron chi connectivity index (χ0n) is 15.6. The smallest absolute Gasteiger partial charge is 0.253 e. The fraction of sp³-hybridized carbons (Fsp3) is 0.391. The Morgan fingerprint density at radius 3 is 2.52 bits per heavy atom. The van der Waals surface area contributed by atoms with Gasteiger partial charge in [0.2, 0.25) is 5.91 Å². The molecule has 0 spiro atoms. The first kappa shape index (κ1) is 17.8. The Morgan fingerprint density at radius 1 is 1.00 bits per heavy atom. The third-order valence-electron chi connectivity index (χ3n) is 5.77. The van der Waals surface area contributed by atoms with Gasteiger partial charge in [0.05, 0.1) is 0 Å². The van der Waals surface area contributed by atoms with Crippen LogP contribution in [0.5, 0.6) is 0 Å². The lowest BCUT2D eigenvalue weighted by molar-refractivity contribution is -0.121. The quantitative estimate of drug-likeness (QED) is 0.882. The molecule has 1 aliphatic heterocycles. The van der Waals surface area contributed by atoms with Gasteiger partial charge in [-0.25, -0.2) is 0 Å². The monoisotopic (exact) mass is 362 g/mol. The van der Waals surface area contributed by atoms with Gasteiger partial charge >= 0.3 is 0 Å². The second-order valence-electron chi connectivity index (χ2n) is 7.61. The highest BCUT2D eigenvalue weighted by Crippen LogP contribution is 2.35. The summed E-state index contributed by atoms with van der Waals surface area (Å²) in [5, 5.41) is 3.03. The van der Waals surface area contributed by atoms with Crippen molar-refractivity contribution < 1.29 is 9.59 Å². The summed E-state index contributed by atoms with van der Waals surface area (Å²) in [5.74, 6) is 0.540. The fourth-order valence-corrected chi connectivity index (χ4v) is 4.22. The fourth-order valence-electron chi connectivity index (χ4n) is 4.22. The minimum atomic E-state index is 0.0916. The normalized spacial score (nSPS) is 18.4. The van der Waals surface area contributed by atoms with Crippen molar-refractivity contribution in [3.8, 4) is 0 Å². The van der Waals surface area contributed by atoms with Crippen LogP contribution in [0.4, 0.5) is 0 Å². The van der Waals surface area contributed by atoms with Gasteiger partial charge in [0.15, 0.2) is 0 Å². The molecule has 0 aromatic heterocycles. The zero-order chi connectivity index (χ0) is 18.6. The van der Waals surface area contributed by atoms with Gasteiger partial charge in [-0.3, -0.25) is 9.59 Å². The van der Waals surface area contributed by atoms with Crippen LogP contribution in [0.2, 0.25) is 0 Å². The molecule has 1 aliphatic carbocycles. The van der Waals surface area contributed by atoms with Crippen molar-refractivity contribution in [2.45, 2.75) is 44.6 Å². The summed E-state index contributed by atoms with van der Waals surface area (Å²) in [6, 6.07) is 16.1. The highest BCUT2D eigenvalue weighted by molar-refractivity contribution is 5.94. The standard InChI is InChI=1S/C23H26N2O2/c26-22(15-20-12-11-18-5-1-2-6-21(18)20)24-16-17-7-9-19(10-8-17)23(27)25-13-3-4-14-25/h1-2,5-10,20H,3-4,11-16H2,(H,24,26)/t20-/m1/s1. The molecule has 2 aromatic rings. The van der Waals surface area contributed by atoms with E-state index in [0.717, 1.165) is 49.9 Å². The first-order valence-electron chi connectivity index (χ1n) is 9.93. The number of amides is 2. The second-order valence-corrected chi connectivity index (χ2v) is 7.61. The van der Waals surface area contributed by atoms with Gasteiger partial charge in [0.25, 0.3) is 5.91 Å². The average molecular weight is 362 g/mol. The maximum atomic E-state index is 12.4. The molecule has 140 valence electrons. The molecule has 0 radical (unpaired) electrons. The summed E-state index contributed by atoms with van der Waals surface area (Å²) in [4.78, 5) is 26.6. The number of aryl methyl sites for hydroxylation is 1. The SMILES string of the molecule is O=C(C[C@H]1CCc2ccccc21)NCc1ccc(C(=O)N2CCCC2)cc1. The molecule has 2 aromatic carbocycles. The molecule has 1 fully saturated rings. The topological polar surface area (TPSA) is 49.4 Å². The van der Waals surface area contributed by atoms with Crippen LogP contribution in [-0.2, 0) is 17.8 Å². The molecule has 2 aliphatic rings. The van der Waals surface area contributed by atoms with Gasteiger partial charge in [-0.2, -0.15) is 0 Å². The number of nitrogens with one attached hydrogen (secondary N) is 1. The largest absolute Gasteiger partial charge is 0.352 e. The van der Waals surface area contributed by atoms with Gasteiger partial charge in [0.1, 0.15) is 0 Å². The van der Waals surface area contributed by atoms with Gasteiger partial charge in [-0.05, 0) is 60.4 Å². The molecule has 1 atom stereocenters. The predicted octanol–water partition coefficient (Wildman–Crippen LogP) is 3.66. The number of rotatable bonds is 5. The Kier molecular flexibility index (Phi) is 5.23. The zero-order valence-corrected chi connectivity index (χ0v) is 15.6. The number of likely N-dealkylation sites (tertiary alicyclic amines) is 1. The van der Waals surface area contributed by atoms with E-state index >= 15 is 0 Å². The molecule has 2 amide bonds. The number of carbonyl (C=O) groups is 2. The van der Waals surface area contributed by atoms with Crippen LogP contribution in [0.25, 0.3) is 0 Å². The molecule has 0 unspecified atom stereocenters. The van der Waals surface area contributed by atoms with Gasteiger partial charge in [-0.1, -0.05) is 36.4 Å². The molecule has 27 heavy (non-hydrogen) atoms. The van der Waals surface area contributed by atoms with Crippen molar-refractivity contribution >= 4 is 11.8 Å². The van der Waals surface area contributed by atoms with Crippen molar-refractivity contribution in [2.75, 3.05) is 13.1 Å². The summed E-state index contributed by atoms with van der Waals surface area (Å²) in [6.07, 6.45) is 4.87. The van der Waals surface area contributed by atoms with E-state index in [-0.39, 0.29) is 11.8 Å². The molecule has 0 bridgehead atoms. The highest BCUT2D eigenvalue weighted by Gasteiger charge is 2.24. The Bertz CT molecular complexity index is 823. The van der Waals surface area contributed by atoms with E-state index in [1.165, 1.54) is 11.1 Å². The van der Waals surface area contributed by atoms with Crippen LogP contribution in [0.3, 0.4) is 0 Å². The van der Waals surface area contributed by atoms with Crippen LogP contribution < -0.4 is 5.32 Å². The molecule has 1 heterocycles. The number of fused-ring (bicyclic) bond motifs is 1. The molecule has 0 saturated carbocycles.